The molecule has 0 saturated heterocycles. The van der Waals surface area contributed by atoms with Crippen molar-refractivity contribution in [3.63, 3.8) is 0 Å². The van der Waals surface area contributed by atoms with Crippen LogP contribution in [0.2, 0.25) is 0 Å². The van der Waals surface area contributed by atoms with Crippen LogP contribution in [0.25, 0.3) is 0 Å². The molecule has 1 aliphatic heterocycles. The lowest BCUT2D eigenvalue weighted by molar-refractivity contribution is 0.279. The molecule has 0 radical (unpaired) electrons. The zero-order valence-corrected chi connectivity index (χ0v) is 7.08. The van der Waals surface area contributed by atoms with Crippen LogP contribution in [-0.4, -0.2) is 5.90 Å². The molecule has 0 fully saturated rings. The lowest BCUT2D eigenvalue weighted by Crippen LogP contribution is -2.07. The summed E-state index contributed by atoms with van der Waals surface area (Å²) in [6, 6.07) is 8.08. The van der Waals surface area contributed by atoms with Crippen molar-refractivity contribution in [2.45, 2.75) is 20.0 Å². The number of ether oxygens (including phenoxy) is 1. The molecule has 1 heterocycles. The second kappa shape index (κ2) is 2.97. The van der Waals surface area contributed by atoms with E-state index in [-0.39, 0.29) is 0 Å². The van der Waals surface area contributed by atoms with Crippen molar-refractivity contribution in [2.75, 3.05) is 0 Å². The molecule has 1 aliphatic rings. The molecule has 0 N–H and O–H groups in total. The van der Waals surface area contributed by atoms with E-state index in [1.54, 1.807) is 0 Å². The van der Waals surface area contributed by atoms with Crippen LogP contribution < -0.4 is 0 Å². The molecule has 1 aromatic carbocycles. The normalized spacial score (nSPS) is 14.6. The summed E-state index contributed by atoms with van der Waals surface area (Å²) < 4.78 is 5.40. The van der Waals surface area contributed by atoms with Gasteiger partial charge in [-0.1, -0.05) is 25.1 Å². The van der Waals surface area contributed by atoms with Crippen molar-refractivity contribution in [1.82, 2.24) is 0 Å². The van der Waals surface area contributed by atoms with Crippen molar-refractivity contribution in [1.29, 1.82) is 0 Å². The maximum atomic E-state index is 5.40. The Morgan fingerprint density at radius 1 is 1.42 bits per heavy atom. The van der Waals surface area contributed by atoms with Crippen LogP contribution >= 0.6 is 0 Å². The van der Waals surface area contributed by atoms with Crippen molar-refractivity contribution in [3.8, 4) is 0 Å². The number of hydrogen-bond donors (Lipinski definition) is 0. The first-order chi connectivity index (χ1) is 5.90. The van der Waals surface area contributed by atoms with Gasteiger partial charge in [-0.25, -0.2) is 4.99 Å². The Hall–Kier alpha value is -1.31. The van der Waals surface area contributed by atoms with E-state index in [0.717, 1.165) is 18.0 Å². The molecule has 2 nitrogen and oxygen atoms in total. The van der Waals surface area contributed by atoms with Gasteiger partial charge in [0.15, 0.2) is 5.90 Å². The minimum atomic E-state index is 0.669. The average Bonchev–Trinajstić information content (AvgIpc) is 2.17. The van der Waals surface area contributed by atoms with Gasteiger partial charge in [-0.3, -0.25) is 0 Å². The first-order valence-corrected chi connectivity index (χ1v) is 4.18. The summed E-state index contributed by atoms with van der Waals surface area (Å²) in [6.07, 6.45) is 0.869. The Morgan fingerprint density at radius 2 is 2.25 bits per heavy atom. The van der Waals surface area contributed by atoms with Crippen molar-refractivity contribution < 1.29 is 4.74 Å². The fourth-order valence-electron chi connectivity index (χ4n) is 1.25. The van der Waals surface area contributed by atoms with Crippen molar-refractivity contribution >= 4 is 11.6 Å². The van der Waals surface area contributed by atoms with Gasteiger partial charge in [-0.2, -0.15) is 0 Å². The van der Waals surface area contributed by atoms with Crippen LogP contribution in [0.5, 0.6) is 0 Å². The van der Waals surface area contributed by atoms with E-state index in [9.17, 15) is 0 Å². The highest BCUT2D eigenvalue weighted by molar-refractivity contribution is 5.81. The van der Waals surface area contributed by atoms with E-state index in [4.69, 9.17) is 4.74 Å². The monoisotopic (exact) mass is 161 g/mol. The SMILES string of the molecule is CCC1=Nc2ccccc2CO1. The van der Waals surface area contributed by atoms with Gasteiger partial charge in [0.05, 0.1) is 5.69 Å². The van der Waals surface area contributed by atoms with E-state index in [1.165, 1.54) is 5.56 Å². The number of para-hydroxylation sites is 1. The average molecular weight is 161 g/mol. The third-order valence-electron chi connectivity index (χ3n) is 1.93. The number of fused-ring (bicyclic) bond motifs is 1. The Balaban J connectivity index is 2.41. The quantitative estimate of drug-likeness (QED) is 0.620. The third kappa shape index (κ3) is 1.20. The Bertz CT molecular complexity index is 317. The van der Waals surface area contributed by atoms with Crippen LogP contribution in [0.1, 0.15) is 18.9 Å². The smallest absolute Gasteiger partial charge is 0.188 e. The fourth-order valence-corrected chi connectivity index (χ4v) is 1.25. The topological polar surface area (TPSA) is 21.6 Å². The van der Waals surface area contributed by atoms with Gasteiger partial charge in [0.2, 0.25) is 0 Å². The number of nitrogens with zero attached hydrogens (tertiary/aromatic N) is 1. The fraction of sp³-hybridized carbons (Fsp3) is 0.300. The summed E-state index contributed by atoms with van der Waals surface area (Å²) in [7, 11) is 0. The van der Waals surface area contributed by atoms with E-state index >= 15 is 0 Å². The van der Waals surface area contributed by atoms with Gasteiger partial charge in [-0.05, 0) is 6.07 Å². The van der Waals surface area contributed by atoms with Gasteiger partial charge in [-0.15, -0.1) is 0 Å². The zero-order valence-electron chi connectivity index (χ0n) is 7.08. The van der Waals surface area contributed by atoms with Gasteiger partial charge >= 0.3 is 0 Å². The maximum absolute atomic E-state index is 5.40. The lowest BCUT2D eigenvalue weighted by Gasteiger charge is -2.15. The molecule has 0 aliphatic carbocycles. The van der Waals surface area contributed by atoms with Crippen molar-refractivity contribution in [2.24, 2.45) is 4.99 Å². The Kier molecular flexibility index (Phi) is 1.82. The second-order valence-corrected chi connectivity index (χ2v) is 2.78. The molecule has 2 heteroatoms. The highest BCUT2D eigenvalue weighted by atomic mass is 16.5. The minimum Gasteiger partial charge on any atom is -0.476 e. The number of hydrogen-bond acceptors (Lipinski definition) is 2. The zero-order chi connectivity index (χ0) is 8.39. The van der Waals surface area contributed by atoms with Gasteiger partial charge in [0.1, 0.15) is 6.61 Å². The predicted octanol–water partition coefficient (Wildman–Crippen LogP) is 2.66. The first-order valence-electron chi connectivity index (χ1n) is 4.18. The highest BCUT2D eigenvalue weighted by Crippen LogP contribution is 2.24. The largest absolute Gasteiger partial charge is 0.476 e. The molecule has 0 bridgehead atoms. The standard InChI is InChI=1S/C10H11NO/c1-2-10-11-9-6-4-3-5-8(9)7-12-10/h3-6H,2,7H2,1H3. The molecule has 0 saturated carbocycles. The summed E-state index contributed by atoms with van der Waals surface area (Å²) in [6.45, 7) is 2.72. The summed E-state index contributed by atoms with van der Waals surface area (Å²) >= 11 is 0. The molecule has 0 amide bonds. The Morgan fingerprint density at radius 3 is 3.08 bits per heavy atom. The number of rotatable bonds is 1. The van der Waals surface area contributed by atoms with E-state index < -0.39 is 0 Å². The van der Waals surface area contributed by atoms with Gasteiger partial charge < -0.3 is 4.74 Å². The molecule has 12 heavy (non-hydrogen) atoms. The van der Waals surface area contributed by atoms with Crippen LogP contribution in [-0.2, 0) is 11.3 Å². The summed E-state index contributed by atoms with van der Waals surface area (Å²) in [4.78, 5) is 4.36. The Labute approximate surface area is 71.9 Å². The highest BCUT2D eigenvalue weighted by Gasteiger charge is 2.09. The summed E-state index contributed by atoms with van der Waals surface area (Å²) in [5.41, 5.74) is 2.23. The molecule has 62 valence electrons. The summed E-state index contributed by atoms with van der Waals surface area (Å²) in [5.74, 6) is 0.841. The number of aliphatic imine (C=N–C) groups is 1. The minimum absolute atomic E-state index is 0.669. The van der Waals surface area contributed by atoms with E-state index in [2.05, 4.69) is 4.99 Å². The molecule has 0 aromatic heterocycles. The van der Waals surface area contributed by atoms with Crippen LogP contribution in [0.4, 0.5) is 5.69 Å². The van der Waals surface area contributed by atoms with E-state index in [1.807, 2.05) is 31.2 Å². The van der Waals surface area contributed by atoms with Gasteiger partial charge in [0.25, 0.3) is 0 Å². The molecule has 0 spiro atoms. The molecule has 1 aromatic rings. The first kappa shape index (κ1) is 7.35. The van der Waals surface area contributed by atoms with Crippen LogP contribution in [0, 0.1) is 0 Å². The molecule has 0 atom stereocenters. The molecular formula is C10H11NO. The molecule has 2 rings (SSSR count). The van der Waals surface area contributed by atoms with Crippen molar-refractivity contribution in [3.05, 3.63) is 29.8 Å². The predicted molar refractivity (Wildman–Crippen MR) is 48.6 cm³/mol. The summed E-state index contributed by atoms with van der Waals surface area (Å²) in [5, 5.41) is 0. The maximum Gasteiger partial charge on any atom is 0.188 e. The molecule has 0 unspecified atom stereocenters. The second-order valence-electron chi connectivity index (χ2n) is 2.78. The van der Waals surface area contributed by atoms with Crippen LogP contribution in [0.15, 0.2) is 29.3 Å². The van der Waals surface area contributed by atoms with Crippen LogP contribution in [0.3, 0.4) is 0 Å². The molecular weight excluding hydrogens is 150 g/mol. The lowest BCUT2D eigenvalue weighted by atomic mass is 10.2. The number of benzene rings is 1. The van der Waals surface area contributed by atoms with Gasteiger partial charge in [0, 0.05) is 12.0 Å². The van der Waals surface area contributed by atoms with E-state index in [0.29, 0.717) is 6.61 Å². The third-order valence-corrected chi connectivity index (χ3v) is 1.93.